The van der Waals surface area contributed by atoms with Crippen molar-refractivity contribution in [3.8, 4) is 0 Å². The minimum atomic E-state index is -0.689. The van der Waals surface area contributed by atoms with Crippen LogP contribution in [0.3, 0.4) is 0 Å². The molecule has 1 aliphatic rings. The van der Waals surface area contributed by atoms with Gasteiger partial charge in [0.15, 0.2) is 0 Å². The second-order valence-electron chi connectivity index (χ2n) is 3.07. The van der Waals surface area contributed by atoms with Crippen LogP contribution in [0.25, 0.3) is 0 Å². The van der Waals surface area contributed by atoms with Gasteiger partial charge in [-0.25, -0.2) is 4.79 Å². The zero-order valence-corrected chi connectivity index (χ0v) is 7.63. The average Bonchev–Trinajstić information content (AvgIpc) is 2.24. The molecular weight excluding hydrogens is 156 g/mol. The average molecular weight is 169 g/mol. The molecule has 0 saturated carbocycles. The van der Waals surface area contributed by atoms with E-state index in [1.165, 1.54) is 4.90 Å². The molecule has 1 heterocycles. The van der Waals surface area contributed by atoms with Gasteiger partial charge in [0.2, 0.25) is 0 Å². The summed E-state index contributed by atoms with van der Waals surface area (Å²) in [5, 5.41) is 3.41. The van der Waals surface area contributed by atoms with Crippen LogP contribution in [-0.2, 0) is 4.79 Å². The van der Waals surface area contributed by atoms with Crippen molar-refractivity contribution in [2.24, 2.45) is 0 Å². The highest BCUT2D eigenvalue weighted by molar-refractivity contribution is 6.06. The Morgan fingerprint density at radius 1 is 1.42 bits per heavy atom. The van der Waals surface area contributed by atoms with Gasteiger partial charge in [-0.1, -0.05) is 6.92 Å². The summed E-state index contributed by atoms with van der Waals surface area (Å²) >= 11 is 0. The predicted molar refractivity (Wildman–Crippen MR) is 43.6 cm³/mol. The van der Waals surface area contributed by atoms with Crippen molar-refractivity contribution < 1.29 is 9.59 Å². The predicted octanol–water partition coefficient (Wildman–Crippen LogP) is 0.742. The highest BCUT2D eigenvalue weighted by atomic mass is 16.2. The van der Waals surface area contributed by atoms with Crippen LogP contribution in [0.2, 0.25) is 0 Å². The van der Waals surface area contributed by atoms with Crippen LogP contribution < -0.4 is 5.32 Å². The fraction of sp³-hybridized carbons (Fsp3) is 0.750. The number of hydrogen-bond donors (Lipinski definition) is 0. The Bertz CT molecular complexity index is 227. The zero-order valence-electron chi connectivity index (χ0n) is 7.63. The van der Waals surface area contributed by atoms with E-state index in [4.69, 9.17) is 0 Å². The second-order valence-corrected chi connectivity index (χ2v) is 3.07. The topological polar surface area (TPSA) is 51.5 Å². The summed E-state index contributed by atoms with van der Waals surface area (Å²) in [4.78, 5) is 23.9. The van der Waals surface area contributed by atoms with Crippen LogP contribution in [0, 0.1) is 0 Å². The summed E-state index contributed by atoms with van der Waals surface area (Å²) in [6.45, 7) is 6.03. The monoisotopic (exact) mass is 169 g/mol. The van der Waals surface area contributed by atoms with Gasteiger partial charge >= 0.3 is 6.03 Å². The fourth-order valence-electron chi connectivity index (χ4n) is 1.42. The molecule has 0 bridgehead atoms. The van der Waals surface area contributed by atoms with E-state index in [9.17, 15) is 9.59 Å². The molecular formula is C8H13N2O2. The molecule has 0 aromatic rings. The number of rotatable bonds is 2. The molecule has 0 spiro atoms. The molecule has 1 rings (SSSR count). The van der Waals surface area contributed by atoms with Crippen LogP contribution in [0.1, 0.15) is 27.2 Å². The lowest BCUT2D eigenvalue weighted by Gasteiger charge is -2.28. The summed E-state index contributed by atoms with van der Waals surface area (Å²) in [6.07, 6.45) is 0.620. The number of likely N-dealkylation sites (N-methyl/N-ethyl adjacent to an activating group) is 1. The fourth-order valence-corrected chi connectivity index (χ4v) is 1.42. The van der Waals surface area contributed by atoms with Gasteiger partial charge in [0, 0.05) is 6.54 Å². The lowest BCUT2D eigenvalue weighted by Crippen LogP contribution is -2.46. The van der Waals surface area contributed by atoms with Gasteiger partial charge in [-0.3, -0.25) is 4.79 Å². The van der Waals surface area contributed by atoms with Crippen molar-refractivity contribution in [2.45, 2.75) is 32.7 Å². The number of urea groups is 1. The van der Waals surface area contributed by atoms with E-state index in [1.54, 1.807) is 6.92 Å². The van der Waals surface area contributed by atoms with Crippen molar-refractivity contribution >= 4 is 11.9 Å². The van der Waals surface area contributed by atoms with Gasteiger partial charge in [-0.05, 0) is 20.3 Å². The molecule has 1 fully saturated rings. The van der Waals surface area contributed by atoms with Gasteiger partial charge < -0.3 is 4.90 Å². The number of imide groups is 1. The Labute approximate surface area is 71.9 Å². The molecule has 1 radical (unpaired) electrons. The molecule has 1 atom stereocenters. The lowest BCUT2D eigenvalue weighted by molar-refractivity contribution is -0.126. The van der Waals surface area contributed by atoms with Gasteiger partial charge in [0.25, 0.3) is 5.91 Å². The Hall–Kier alpha value is -1.06. The molecule has 1 saturated heterocycles. The summed E-state index contributed by atoms with van der Waals surface area (Å²) in [6, 6.07) is -0.396. The second kappa shape index (κ2) is 2.77. The van der Waals surface area contributed by atoms with Crippen molar-refractivity contribution in [3.05, 3.63) is 0 Å². The molecule has 1 aliphatic heterocycles. The SMILES string of the molecule is CCN1C(=O)[N]C(=O)C1(C)CC. The van der Waals surface area contributed by atoms with Crippen molar-refractivity contribution in [2.75, 3.05) is 6.54 Å². The molecule has 67 valence electrons. The van der Waals surface area contributed by atoms with Crippen LogP contribution in [0.5, 0.6) is 0 Å². The third kappa shape index (κ3) is 0.983. The van der Waals surface area contributed by atoms with Crippen molar-refractivity contribution in [3.63, 3.8) is 0 Å². The van der Waals surface area contributed by atoms with Crippen molar-refractivity contribution in [1.82, 2.24) is 10.2 Å². The minimum Gasteiger partial charge on any atom is -0.309 e. The van der Waals surface area contributed by atoms with E-state index >= 15 is 0 Å². The van der Waals surface area contributed by atoms with Crippen molar-refractivity contribution in [1.29, 1.82) is 0 Å². The number of hydrogen-bond acceptors (Lipinski definition) is 2. The smallest absolute Gasteiger partial charge is 0.309 e. The maximum Gasteiger partial charge on any atom is 0.347 e. The molecule has 0 aliphatic carbocycles. The van der Waals surface area contributed by atoms with E-state index in [-0.39, 0.29) is 5.91 Å². The zero-order chi connectivity index (χ0) is 9.35. The molecule has 0 aromatic carbocycles. The normalized spacial score (nSPS) is 29.4. The maximum absolute atomic E-state index is 11.3. The Kier molecular flexibility index (Phi) is 2.08. The van der Waals surface area contributed by atoms with Gasteiger partial charge in [0.05, 0.1) is 0 Å². The number of nitrogens with zero attached hydrogens (tertiary/aromatic N) is 2. The highest BCUT2D eigenvalue weighted by Gasteiger charge is 2.48. The van der Waals surface area contributed by atoms with E-state index in [1.807, 2.05) is 13.8 Å². The van der Waals surface area contributed by atoms with Gasteiger partial charge in [-0.2, -0.15) is 5.32 Å². The highest BCUT2D eigenvalue weighted by Crippen LogP contribution is 2.25. The number of carbonyl (C=O) groups is 2. The third-order valence-corrected chi connectivity index (χ3v) is 2.49. The van der Waals surface area contributed by atoms with Crippen LogP contribution in [0.4, 0.5) is 4.79 Å². The largest absolute Gasteiger partial charge is 0.347 e. The molecule has 0 aromatic heterocycles. The first-order valence-corrected chi connectivity index (χ1v) is 4.14. The summed E-state index contributed by atoms with van der Waals surface area (Å²) in [5.74, 6) is -0.308. The maximum atomic E-state index is 11.3. The van der Waals surface area contributed by atoms with E-state index < -0.39 is 11.6 Å². The number of amides is 3. The molecule has 4 nitrogen and oxygen atoms in total. The van der Waals surface area contributed by atoms with Crippen LogP contribution >= 0.6 is 0 Å². The molecule has 12 heavy (non-hydrogen) atoms. The first-order chi connectivity index (χ1) is 5.56. The van der Waals surface area contributed by atoms with E-state index in [0.717, 1.165) is 0 Å². The van der Waals surface area contributed by atoms with E-state index in [0.29, 0.717) is 13.0 Å². The summed E-state index contributed by atoms with van der Waals surface area (Å²) < 4.78 is 0. The van der Waals surface area contributed by atoms with Crippen LogP contribution in [0.15, 0.2) is 0 Å². The van der Waals surface area contributed by atoms with Crippen LogP contribution in [-0.4, -0.2) is 28.9 Å². The number of carbonyl (C=O) groups excluding carboxylic acids is 2. The quantitative estimate of drug-likeness (QED) is 0.572. The molecule has 0 N–H and O–H groups in total. The Morgan fingerprint density at radius 2 is 2.00 bits per heavy atom. The standard InChI is InChI=1S/C8H13N2O2/c1-4-8(3)6(11)9-7(12)10(8)5-2/h4-5H2,1-3H3. The minimum absolute atomic E-state index is 0.308. The van der Waals surface area contributed by atoms with E-state index in [2.05, 4.69) is 5.32 Å². The molecule has 1 unspecified atom stereocenters. The third-order valence-electron chi connectivity index (χ3n) is 2.49. The van der Waals surface area contributed by atoms with Gasteiger partial charge in [-0.15, -0.1) is 0 Å². The summed E-state index contributed by atoms with van der Waals surface area (Å²) in [7, 11) is 0. The first kappa shape index (κ1) is 9.03. The first-order valence-electron chi connectivity index (χ1n) is 4.14. The molecule has 4 heteroatoms. The Morgan fingerprint density at radius 3 is 2.33 bits per heavy atom. The molecule has 3 amide bonds. The lowest BCUT2D eigenvalue weighted by atomic mass is 9.98. The summed E-state index contributed by atoms with van der Waals surface area (Å²) in [5.41, 5.74) is -0.689. The Balaban J connectivity index is 2.97. The van der Waals surface area contributed by atoms with Gasteiger partial charge in [0.1, 0.15) is 5.54 Å².